The number of anilines is 2. The summed E-state index contributed by atoms with van der Waals surface area (Å²) in [5.74, 6) is -1.08. The molecule has 1 aliphatic heterocycles. The summed E-state index contributed by atoms with van der Waals surface area (Å²) in [6, 6.07) is 31.5. The van der Waals surface area contributed by atoms with Crippen molar-refractivity contribution < 1.29 is 14.7 Å². The van der Waals surface area contributed by atoms with Crippen molar-refractivity contribution in [2.45, 2.75) is 25.9 Å². The molecule has 0 bridgehead atoms. The second-order valence-corrected chi connectivity index (χ2v) is 10.4. The third-order valence-corrected chi connectivity index (χ3v) is 7.03. The van der Waals surface area contributed by atoms with Gasteiger partial charge in [0.05, 0.1) is 17.0 Å². The monoisotopic (exact) mass is 551 g/mol. The zero-order valence-electron chi connectivity index (χ0n) is 22.2. The average Bonchev–Trinajstić information content (AvgIpc) is 3.26. The second kappa shape index (κ2) is 12.2. The summed E-state index contributed by atoms with van der Waals surface area (Å²) in [6.45, 7) is 1.65. The van der Waals surface area contributed by atoms with Gasteiger partial charge in [-0.1, -0.05) is 78.3 Å². The predicted molar refractivity (Wildman–Crippen MR) is 161 cm³/mol. The molecule has 0 spiro atoms. The van der Waals surface area contributed by atoms with E-state index >= 15 is 0 Å². The lowest BCUT2D eigenvalue weighted by molar-refractivity contribution is -0.137. The molecule has 1 amide bonds. The number of carbonyl (C=O) groups excluding carboxylic acids is 1. The number of halogens is 1. The first-order chi connectivity index (χ1) is 19.4. The molecule has 0 atom stereocenters. The van der Waals surface area contributed by atoms with Gasteiger partial charge in [-0.2, -0.15) is 0 Å². The van der Waals surface area contributed by atoms with Crippen LogP contribution in [-0.2, 0) is 29.1 Å². The molecule has 0 fully saturated rings. The van der Waals surface area contributed by atoms with Crippen LogP contribution in [-0.4, -0.2) is 28.9 Å². The largest absolute Gasteiger partial charge is 0.481 e. The summed E-state index contributed by atoms with van der Waals surface area (Å²) in [4.78, 5) is 26.6. The van der Waals surface area contributed by atoms with Crippen LogP contribution < -0.4 is 10.6 Å². The van der Waals surface area contributed by atoms with Crippen LogP contribution in [0.4, 0.5) is 11.4 Å². The molecule has 0 saturated carbocycles. The summed E-state index contributed by atoms with van der Waals surface area (Å²) in [5, 5.41) is 16.1. The standard InChI is InChI=1S/C33H30ClN3O3/c1-37(20-23-6-3-2-4-7-23)21-24-10-14-27(15-11-24)35-32(25-9-5-8-22(18-25)12-17-30(38)39)31-28-16-13-26(34)19-29(28)36-33(31)40/h2-11,13-16,18-19,35H,12,17,20-21H2,1H3,(H,36,40)(H,38,39)/b32-31-. The number of carboxylic acid groups (broad SMARTS) is 1. The number of rotatable bonds is 10. The quantitative estimate of drug-likeness (QED) is 0.186. The molecule has 3 N–H and O–H groups in total. The molecule has 6 nitrogen and oxygen atoms in total. The summed E-state index contributed by atoms with van der Waals surface area (Å²) in [7, 11) is 2.10. The number of nitrogens with zero attached hydrogens (tertiary/aromatic N) is 1. The van der Waals surface area contributed by atoms with E-state index in [9.17, 15) is 9.59 Å². The van der Waals surface area contributed by atoms with Gasteiger partial charge in [0, 0.05) is 35.8 Å². The Morgan fingerprint density at radius 1 is 0.875 bits per heavy atom. The van der Waals surface area contributed by atoms with Crippen molar-refractivity contribution >= 4 is 46.1 Å². The van der Waals surface area contributed by atoms with Crippen LogP contribution in [0.3, 0.4) is 0 Å². The number of benzene rings is 4. The lowest BCUT2D eigenvalue weighted by Crippen LogP contribution is -2.17. The average molecular weight is 552 g/mol. The van der Waals surface area contributed by atoms with E-state index in [0.717, 1.165) is 35.5 Å². The van der Waals surface area contributed by atoms with Crippen LogP contribution >= 0.6 is 11.6 Å². The van der Waals surface area contributed by atoms with E-state index in [2.05, 4.69) is 59.0 Å². The van der Waals surface area contributed by atoms with Gasteiger partial charge < -0.3 is 15.7 Å². The minimum Gasteiger partial charge on any atom is -0.481 e. The molecule has 5 rings (SSSR count). The number of hydrogen-bond acceptors (Lipinski definition) is 4. The fourth-order valence-electron chi connectivity index (χ4n) is 4.91. The van der Waals surface area contributed by atoms with Crippen molar-refractivity contribution in [1.82, 2.24) is 4.90 Å². The van der Waals surface area contributed by atoms with Crippen LogP contribution in [0.2, 0.25) is 5.02 Å². The van der Waals surface area contributed by atoms with Gasteiger partial charge in [-0.3, -0.25) is 14.5 Å². The number of nitrogens with one attached hydrogen (secondary N) is 2. The van der Waals surface area contributed by atoms with Crippen LogP contribution in [0.15, 0.2) is 97.1 Å². The van der Waals surface area contributed by atoms with E-state index in [4.69, 9.17) is 16.7 Å². The zero-order valence-corrected chi connectivity index (χ0v) is 22.9. The molecule has 0 aliphatic carbocycles. The minimum absolute atomic E-state index is 0.0325. The summed E-state index contributed by atoms with van der Waals surface area (Å²) >= 11 is 6.19. The molecule has 0 aromatic heterocycles. The molecule has 1 heterocycles. The van der Waals surface area contributed by atoms with Crippen molar-refractivity contribution in [2.24, 2.45) is 0 Å². The highest BCUT2D eigenvalue weighted by Crippen LogP contribution is 2.39. The third kappa shape index (κ3) is 6.60. The van der Waals surface area contributed by atoms with Crippen LogP contribution in [0.5, 0.6) is 0 Å². The van der Waals surface area contributed by atoms with Crippen LogP contribution in [0.25, 0.3) is 11.3 Å². The predicted octanol–water partition coefficient (Wildman–Crippen LogP) is 6.92. The first-order valence-corrected chi connectivity index (χ1v) is 13.5. The Balaban J connectivity index is 1.44. The zero-order chi connectivity index (χ0) is 28.1. The van der Waals surface area contributed by atoms with Gasteiger partial charge >= 0.3 is 5.97 Å². The number of aliphatic carboxylic acids is 1. The van der Waals surface area contributed by atoms with E-state index in [-0.39, 0.29) is 12.3 Å². The Morgan fingerprint density at radius 3 is 2.30 bits per heavy atom. The Hall–Kier alpha value is -4.39. The maximum absolute atomic E-state index is 13.2. The van der Waals surface area contributed by atoms with Gasteiger partial charge in [-0.25, -0.2) is 0 Å². The molecule has 40 heavy (non-hydrogen) atoms. The molecule has 0 unspecified atom stereocenters. The number of fused-ring (bicyclic) bond motifs is 1. The van der Waals surface area contributed by atoms with Crippen molar-refractivity contribution in [3.05, 3.63) is 130 Å². The molecule has 0 radical (unpaired) electrons. The molecule has 4 aromatic carbocycles. The van der Waals surface area contributed by atoms with Crippen molar-refractivity contribution in [3.63, 3.8) is 0 Å². The van der Waals surface area contributed by atoms with E-state index in [1.165, 1.54) is 11.1 Å². The van der Waals surface area contributed by atoms with E-state index in [0.29, 0.717) is 28.4 Å². The Morgan fingerprint density at radius 2 is 1.57 bits per heavy atom. The lowest BCUT2D eigenvalue weighted by atomic mass is 9.97. The molecule has 0 saturated heterocycles. The van der Waals surface area contributed by atoms with Gasteiger partial charge in [-0.15, -0.1) is 0 Å². The van der Waals surface area contributed by atoms with E-state index in [1.54, 1.807) is 12.1 Å². The highest BCUT2D eigenvalue weighted by atomic mass is 35.5. The van der Waals surface area contributed by atoms with Gasteiger partial charge in [0.25, 0.3) is 5.91 Å². The Kier molecular flexibility index (Phi) is 8.29. The van der Waals surface area contributed by atoms with Crippen LogP contribution in [0.1, 0.15) is 34.2 Å². The normalized spacial score (nSPS) is 13.6. The fraction of sp³-hybridized carbons (Fsp3) is 0.152. The molecule has 7 heteroatoms. The number of hydrogen-bond donors (Lipinski definition) is 3. The maximum atomic E-state index is 13.2. The topological polar surface area (TPSA) is 81.7 Å². The molecular weight excluding hydrogens is 522 g/mol. The molecule has 1 aliphatic rings. The van der Waals surface area contributed by atoms with Gasteiger partial charge in [0.15, 0.2) is 0 Å². The Bertz CT molecular complexity index is 1570. The molecule has 4 aromatic rings. The minimum atomic E-state index is -0.849. The van der Waals surface area contributed by atoms with Gasteiger partial charge in [0.1, 0.15) is 0 Å². The second-order valence-electron chi connectivity index (χ2n) is 9.97. The summed E-state index contributed by atoms with van der Waals surface area (Å²) in [5.41, 5.74) is 7.52. The SMILES string of the molecule is CN(Cc1ccccc1)Cc1ccc(N/C(=C2\C(=O)Nc3cc(Cl)ccc32)c2cccc(CCC(=O)O)c2)cc1. The number of carboxylic acids is 1. The lowest BCUT2D eigenvalue weighted by Gasteiger charge is -2.18. The molecule has 202 valence electrons. The number of aryl methyl sites for hydroxylation is 1. The first-order valence-electron chi connectivity index (χ1n) is 13.1. The van der Waals surface area contributed by atoms with Gasteiger partial charge in [0.2, 0.25) is 0 Å². The Labute approximate surface area is 238 Å². The fourth-order valence-corrected chi connectivity index (χ4v) is 5.08. The third-order valence-electron chi connectivity index (χ3n) is 6.79. The van der Waals surface area contributed by atoms with Crippen molar-refractivity contribution in [3.8, 4) is 0 Å². The van der Waals surface area contributed by atoms with E-state index in [1.807, 2.05) is 48.5 Å². The summed E-state index contributed by atoms with van der Waals surface area (Å²) in [6.07, 6.45) is 0.431. The maximum Gasteiger partial charge on any atom is 0.303 e. The van der Waals surface area contributed by atoms with Crippen molar-refractivity contribution in [2.75, 3.05) is 17.7 Å². The number of carbonyl (C=O) groups is 2. The van der Waals surface area contributed by atoms with E-state index < -0.39 is 5.97 Å². The smallest absolute Gasteiger partial charge is 0.303 e. The molecular formula is C33H30ClN3O3. The highest BCUT2D eigenvalue weighted by molar-refractivity contribution is 6.38. The summed E-state index contributed by atoms with van der Waals surface area (Å²) < 4.78 is 0. The van der Waals surface area contributed by atoms with Crippen LogP contribution in [0, 0.1) is 0 Å². The first kappa shape index (κ1) is 27.2. The number of amides is 1. The van der Waals surface area contributed by atoms with Crippen molar-refractivity contribution in [1.29, 1.82) is 0 Å². The highest BCUT2D eigenvalue weighted by Gasteiger charge is 2.28. The van der Waals surface area contributed by atoms with Gasteiger partial charge in [-0.05, 0) is 66.1 Å².